The fourth-order valence-corrected chi connectivity index (χ4v) is 2.96. The molecule has 0 radical (unpaired) electrons. The maximum Gasteiger partial charge on any atom is 0.276 e. The highest BCUT2D eigenvalue weighted by Crippen LogP contribution is 2.21. The molecule has 6 heteroatoms. The monoisotopic (exact) mass is 317 g/mol. The Hall–Kier alpha value is -2.08. The van der Waals surface area contributed by atoms with Gasteiger partial charge in [0.1, 0.15) is 12.0 Å². The van der Waals surface area contributed by atoms with Gasteiger partial charge in [-0.3, -0.25) is 4.79 Å². The van der Waals surface area contributed by atoms with Crippen molar-refractivity contribution in [3.8, 4) is 0 Å². The molecule has 1 aliphatic rings. The lowest BCUT2D eigenvalue weighted by atomic mass is 10.0. The third-order valence-electron chi connectivity index (χ3n) is 4.37. The SMILES string of the molecule is CCc1nc(C(=O)N(Cc2ccco2)C2CCN(C)CC2)co1. The summed E-state index contributed by atoms with van der Waals surface area (Å²) < 4.78 is 10.8. The number of hydrogen-bond donors (Lipinski definition) is 0. The summed E-state index contributed by atoms with van der Waals surface area (Å²) in [6, 6.07) is 3.94. The van der Waals surface area contributed by atoms with Crippen molar-refractivity contribution in [3.05, 3.63) is 42.0 Å². The van der Waals surface area contributed by atoms with E-state index in [9.17, 15) is 4.79 Å². The van der Waals surface area contributed by atoms with Crippen molar-refractivity contribution in [2.75, 3.05) is 20.1 Å². The number of likely N-dealkylation sites (tertiary alicyclic amines) is 1. The van der Waals surface area contributed by atoms with Gasteiger partial charge in [-0.05, 0) is 45.1 Å². The average Bonchev–Trinajstić information content (AvgIpc) is 3.24. The highest BCUT2D eigenvalue weighted by Gasteiger charge is 2.30. The third kappa shape index (κ3) is 3.64. The second-order valence-electron chi connectivity index (χ2n) is 6.03. The van der Waals surface area contributed by atoms with E-state index >= 15 is 0 Å². The molecular formula is C17H23N3O3. The van der Waals surface area contributed by atoms with Crippen LogP contribution < -0.4 is 0 Å². The van der Waals surface area contributed by atoms with Gasteiger partial charge in [-0.2, -0.15) is 0 Å². The molecule has 3 heterocycles. The van der Waals surface area contributed by atoms with Crippen molar-refractivity contribution < 1.29 is 13.6 Å². The van der Waals surface area contributed by atoms with Gasteiger partial charge in [-0.15, -0.1) is 0 Å². The molecule has 0 bridgehead atoms. The second kappa shape index (κ2) is 7.00. The number of hydrogen-bond acceptors (Lipinski definition) is 5. The van der Waals surface area contributed by atoms with Crippen LogP contribution in [0, 0.1) is 0 Å². The van der Waals surface area contributed by atoms with Gasteiger partial charge in [0.15, 0.2) is 11.6 Å². The molecule has 0 N–H and O–H groups in total. The Labute approximate surface area is 136 Å². The Morgan fingerprint density at radius 1 is 1.39 bits per heavy atom. The molecule has 6 nitrogen and oxygen atoms in total. The molecular weight excluding hydrogens is 294 g/mol. The van der Waals surface area contributed by atoms with Gasteiger partial charge >= 0.3 is 0 Å². The summed E-state index contributed by atoms with van der Waals surface area (Å²) in [5, 5.41) is 0. The summed E-state index contributed by atoms with van der Waals surface area (Å²) in [4.78, 5) is 21.4. The van der Waals surface area contributed by atoms with E-state index < -0.39 is 0 Å². The van der Waals surface area contributed by atoms with Crippen molar-refractivity contribution in [1.29, 1.82) is 0 Å². The summed E-state index contributed by atoms with van der Waals surface area (Å²) in [6.07, 6.45) is 5.70. The molecule has 23 heavy (non-hydrogen) atoms. The van der Waals surface area contributed by atoms with E-state index in [0.29, 0.717) is 24.6 Å². The van der Waals surface area contributed by atoms with Gasteiger partial charge in [0.2, 0.25) is 0 Å². The molecule has 3 rings (SSSR count). The van der Waals surface area contributed by atoms with Gasteiger partial charge in [-0.25, -0.2) is 4.98 Å². The third-order valence-corrected chi connectivity index (χ3v) is 4.37. The van der Waals surface area contributed by atoms with E-state index in [0.717, 1.165) is 31.7 Å². The fourth-order valence-electron chi connectivity index (χ4n) is 2.96. The van der Waals surface area contributed by atoms with Crippen molar-refractivity contribution in [3.63, 3.8) is 0 Å². The predicted molar refractivity (Wildman–Crippen MR) is 85.0 cm³/mol. The molecule has 2 aromatic heterocycles. The van der Waals surface area contributed by atoms with Crippen LogP contribution in [0.2, 0.25) is 0 Å². The van der Waals surface area contributed by atoms with E-state index in [1.54, 1.807) is 6.26 Å². The number of rotatable bonds is 5. The van der Waals surface area contributed by atoms with Crippen LogP contribution in [0.15, 0.2) is 33.5 Å². The Balaban J connectivity index is 1.80. The Kier molecular flexibility index (Phi) is 4.81. The highest BCUT2D eigenvalue weighted by atomic mass is 16.3. The van der Waals surface area contributed by atoms with Crippen LogP contribution in [-0.4, -0.2) is 46.9 Å². The first-order valence-electron chi connectivity index (χ1n) is 8.13. The second-order valence-corrected chi connectivity index (χ2v) is 6.03. The Morgan fingerprint density at radius 3 is 2.78 bits per heavy atom. The van der Waals surface area contributed by atoms with E-state index in [4.69, 9.17) is 8.83 Å². The topological polar surface area (TPSA) is 62.7 Å². The first-order chi connectivity index (χ1) is 11.2. The maximum absolute atomic E-state index is 12.9. The van der Waals surface area contributed by atoms with Gasteiger partial charge in [-0.1, -0.05) is 6.92 Å². The largest absolute Gasteiger partial charge is 0.467 e. The first kappa shape index (κ1) is 15.8. The first-order valence-corrected chi connectivity index (χ1v) is 8.13. The van der Waals surface area contributed by atoms with E-state index in [1.807, 2.05) is 24.0 Å². The summed E-state index contributed by atoms with van der Waals surface area (Å²) >= 11 is 0. The van der Waals surface area contributed by atoms with Crippen molar-refractivity contribution in [2.24, 2.45) is 0 Å². The zero-order chi connectivity index (χ0) is 16.2. The Bertz CT molecular complexity index is 627. The predicted octanol–water partition coefficient (Wildman–Crippen LogP) is 2.57. The quantitative estimate of drug-likeness (QED) is 0.848. The van der Waals surface area contributed by atoms with Crippen molar-refractivity contribution >= 4 is 5.91 Å². The standard InChI is InChI=1S/C17H23N3O3/c1-3-16-18-15(12-23-16)17(21)20(11-14-5-4-10-22-14)13-6-8-19(2)9-7-13/h4-5,10,12-13H,3,6-9,11H2,1-2H3. The number of furan rings is 1. The van der Waals surface area contributed by atoms with Gasteiger partial charge < -0.3 is 18.6 Å². The summed E-state index contributed by atoms with van der Waals surface area (Å²) in [5.74, 6) is 1.30. The van der Waals surface area contributed by atoms with Crippen molar-refractivity contribution in [2.45, 2.75) is 38.8 Å². The average molecular weight is 317 g/mol. The molecule has 1 amide bonds. The number of aryl methyl sites for hydroxylation is 1. The minimum absolute atomic E-state index is 0.0839. The molecule has 2 aromatic rings. The molecule has 0 saturated carbocycles. The fraction of sp³-hybridized carbons (Fsp3) is 0.529. The van der Waals surface area contributed by atoms with E-state index in [2.05, 4.69) is 16.9 Å². The van der Waals surface area contributed by atoms with Gasteiger partial charge in [0.05, 0.1) is 12.8 Å². The Morgan fingerprint density at radius 2 is 2.17 bits per heavy atom. The summed E-state index contributed by atoms with van der Waals surface area (Å²) in [7, 11) is 2.11. The molecule has 0 aromatic carbocycles. The number of oxazole rings is 1. The van der Waals surface area contributed by atoms with Crippen molar-refractivity contribution in [1.82, 2.24) is 14.8 Å². The minimum atomic E-state index is -0.0839. The molecule has 1 saturated heterocycles. The van der Waals surface area contributed by atoms with Crippen LogP contribution in [0.25, 0.3) is 0 Å². The highest BCUT2D eigenvalue weighted by molar-refractivity contribution is 5.92. The molecule has 0 atom stereocenters. The van der Waals surface area contributed by atoms with Crippen LogP contribution in [0.4, 0.5) is 0 Å². The number of piperidine rings is 1. The van der Waals surface area contributed by atoms with Gasteiger partial charge in [0, 0.05) is 12.5 Å². The number of amides is 1. The zero-order valence-corrected chi connectivity index (χ0v) is 13.7. The lowest BCUT2D eigenvalue weighted by Crippen LogP contribution is -2.46. The van der Waals surface area contributed by atoms with Crippen LogP contribution in [0.1, 0.15) is 41.9 Å². The lowest BCUT2D eigenvalue weighted by Gasteiger charge is -2.36. The molecule has 1 aliphatic heterocycles. The van der Waals surface area contributed by atoms with Crippen LogP contribution in [0.5, 0.6) is 0 Å². The number of nitrogens with zero attached hydrogens (tertiary/aromatic N) is 3. The van der Waals surface area contributed by atoms with Crippen LogP contribution >= 0.6 is 0 Å². The zero-order valence-electron chi connectivity index (χ0n) is 13.7. The molecule has 124 valence electrons. The van der Waals surface area contributed by atoms with E-state index in [-0.39, 0.29) is 11.9 Å². The van der Waals surface area contributed by atoms with Crippen LogP contribution in [-0.2, 0) is 13.0 Å². The lowest BCUT2D eigenvalue weighted by molar-refractivity contribution is 0.0544. The van der Waals surface area contributed by atoms with Crippen LogP contribution in [0.3, 0.4) is 0 Å². The number of carbonyl (C=O) groups excluding carboxylic acids is 1. The molecule has 0 spiro atoms. The number of carbonyl (C=O) groups is 1. The minimum Gasteiger partial charge on any atom is -0.467 e. The summed E-state index contributed by atoms with van der Waals surface area (Å²) in [5.41, 5.74) is 0.382. The van der Waals surface area contributed by atoms with Gasteiger partial charge in [0.25, 0.3) is 5.91 Å². The normalized spacial score (nSPS) is 16.6. The molecule has 0 aliphatic carbocycles. The molecule has 0 unspecified atom stereocenters. The maximum atomic E-state index is 12.9. The summed E-state index contributed by atoms with van der Waals surface area (Å²) in [6.45, 7) is 4.41. The smallest absolute Gasteiger partial charge is 0.276 e. The number of aromatic nitrogens is 1. The van der Waals surface area contributed by atoms with E-state index in [1.165, 1.54) is 6.26 Å². The molecule has 1 fully saturated rings.